The van der Waals surface area contributed by atoms with E-state index in [4.69, 9.17) is 0 Å². The van der Waals surface area contributed by atoms with Crippen molar-refractivity contribution >= 4 is 10.0 Å². The van der Waals surface area contributed by atoms with Gasteiger partial charge in [-0.1, -0.05) is 6.92 Å². The smallest absolute Gasteiger partial charge is 0.243 e. The molecule has 1 fully saturated rings. The highest BCUT2D eigenvalue weighted by Crippen LogP contribution is 2.25. The molecule has 0 aromatic heterocycles. The number of rotatable bonds is 5. The van der Waals surface area contributed by atoms with Gasteiger partial charge in [-0.25, -0.2) is 12.8 Å². The monoisotopic (exact) mass is 314 g/mol. The summed E-state index contributed by atoms with van der Waals surface area (Å²) in [6, 6.07) is 2.85. The summed E-state index contributed by atoms with van der Waals surface area (Å²) < 4.78 is 41.1. The van der Waals surface area contributed by atoms with E-state index in [1.165, 1.54) is 12.1 Å². The standard InChI is InChI=1S/C15H23FN2O2S/c1-4-7-18(13-5-6-17-10-13)21(19,20)14-8-11(2)15(16)12(3)9-14/h8-9,13,17H,4-7,10H2,1-3H3. The number of hydrogen-bond acceptors (Lipinski definition) is 3. The first-order valence-electron chi connectivity index (χ1n) is 7.37. The summed E-state index contributed by atoms with van der Waals surface area (Å²) in [5.74, 6) is -0.335. The molecule has 21 heavy (non-hydrogen) atoms. The molecular formula is C15H23FN2O2S. The Labute approximate surface area is 126 Å². The summed E-state index contributed by atoms with van der Waals surface area (Å²) in [6.07, 6.45) is 1.58. The van der Waals surface area contributed by atoms with Gasteiger partial charge in [0.05, 0.1) is 4.90 Å². The zero-order valence-corrected chi connectivity index (χ0v) is 13.6. The van der Waals surface area contributed by atoms with Crippen LogP contribution in [0.1, 0.15) is 30.9 Å². The first-order chi connectivity index (χ1) is 9.87. The number of hydrogen-bond donors (Lipinski definition) is 1. The highest BCUT2D eigenvalue weighted by Gasteiger charge is 2.33. The van der Waals surface area contributed by atoms with Crippen LogP contribution in [-0.4, -0.2) is 38.4 Å². The van der Waals surface area contributed by atoms with Gasteiger partial charge in [0, 0.05) is 19.1 Å². The van der Waals surface area contributed by atoms with Crippen LogP contribution in [0.25, 0.3) is 0 Å². The third-order valence-corrected chi connectivity index (χ3v) is 5.83. The van der Waals surface area contributed by atoms with Gasteiger partial charge in [0.15, 0.2) is 0 Å². The van der Waals surface area contributed by atoms with E-state index < -0.39 is 10.0 Å². The van der Waals surface area contributed by atoms with Crippen molar-refractivity contribution in [2.24, 2.45) is 0 Å². The largest absolute Gasteiger partial charge is 0.315 e. The van der Waals surface area contributed by atoms with Crippen molar-refractivity contribution in [1.29, 1.82) is 0 Å². The van der Waals surface area contributed by atoms with Crippen molar-refractivity contribution < 1.29 is 12.8 Å². The van der Waals surface area contributed by atoms with E-state index in [2.05, 4.69) is 5.32 Å². The fraction of sp³-hybridized carbons (Fsp3) is 0.600. The van der Waals surface area contributed by atoms with Crippen molar-refractivity contribution in [3.05, 3.63) is 29.1 Å². The lowest BCUT2D eigenvalue weighted by atomic mass is 10.1. The molecule has 1 aliphatic heterocycles. The number of halogens is 1. The van der Waals surface area contributed by atoms with E-state index in [0.717, 1.165) is 19.4 Å². The van der Waals surface area contributed by atoms with E-state index in [0.29, 0.717) is 24.2 Å². The molecular weight excluding hydrogens is 291 g/mol. The maximum absolute atomic E-state index is 13.7. The Kier molecular flexibility index (Phi) is 5.01. The van der Waals surface area contributed by atoms with E-state index in [1.54, 1.807) is 18.2 Å². The SMILES string of the molecule is CCCN(C1CCNC1)S(=O)(=O)c1cc(C)c(F)c(C)c1. The molecule has 0 saturated carbocycles. The Morgan fingerprint density at radius 3 is 2.43 bits per heavy atom. The summed E-state index contributed by atoms with van der Waals surface area (Å²) in [5, 5.41) is 3.20. The third-order valence-electron chi connectivity index (χ3n) is 3.90. The van der Waals surface area contributed by atoms with E-state index in [1.807, 2.05) is 6.92 Å². The van der Waals surface area contributed by atoms with Crippen molar-refractivity contribution in [2.75, 3.05) is 19.6 Å². The molecule has 0 spiro atoms. The fourth-order valence-corrected chi connectivity index (χ4v) is 4.71. The van der Waals surface area contributed by atoms with Crippen LogP contribution in [0.5, 0.6) is 0 Å². The average Bonchev–Trinajstić information content (AvgIpc) is 2.95. The van der Waals surface area contributed by atoms with Crippen LogP contribution in [0.4, 0.5) is 4.39 Å². The lowest BCUT2D eigenvalue weighted by molar-refractivity contribution is 0.335. The molecule has 1 aromatic rings. The van der Waals surface area contributed by atoms with Crippen molar-refractivity contribution in [2.45, 2.75) is 44.6 Å². The molecule has 0 amide bonds. The molecule has 1 aliphatic rings. The van der Waals surface area contributed by atoms with Crippen molar-refractivity contribution in [1.82, 2.24) is 9.62 Å². The third kappa shape index (κ3) is 3.27. The molecule has 4 nitrogen and oxygen atoms in total. The van der Waals surface area contributed by atoms with Gasteiger partial charge < -0.3 is 5.32 Å². The molecule has 1 heterocycles. The minimum absolute atomic E-state index is 0.0133. The van der Waals surface area contributed by atoms with Crippen LogP contribution < -0.4 is 5.32 Å². The molecule has 0 aliphatic carbocycles. The molecule has 1 N–H and O–H groups in total. The first-order valence-corrected chi connectivity index (χ1v) is 8.81. The molecule has 0 radical (unpaired) electrons. The van der Waals surface area contributed by atoms with Gasteiger partial charge in [0.2, 0.25) is 10.0 Å². The van der Waals surface area contributed by atoms with E-state index >= 15 is 0 Å². The Bertz CT molecular complexity index is 587. The lowest BCUT2D eigenvalue weighted by Crippen LogP contribution is -2.42. The number of nitrogens with one attached hydrogen (secondary N) is 1. The van der Waals surface area contributed by atoms with Gasteiger partial charge in [0.1, 0.15) is 5.82 Å². The van der Waals surface area contributed by atoms with Gasteiger partial charge in [-0.15, -0.1) is 0 Å². The molecule has 0 bridgehead atoms. The van der Waals surface area contributed by atoms with Gasteiger partial charge in [-0.3, -0.25) is 0 Å². The second-order valence-electron chi connectivity index (χ2n) is 5.63. The van der Waals surface area contributed by atoms with Gasteiger partial charge in [-0.05, 0) is 56.5 Å². The average molecular weight is 314 g/mol. The van der Waals surface area contributed by atoms with Crippen LogP contribution in [0, 0.1) is 19.7 Å². The van der Waals surface area contributed by atoms with Crippen LogP contribution in [0.2, 0.25) is 0 Å². The predicted octanol–water partition coefficient (Wildman–Crippen LogP) is 2.21. The number of sulfonamides is 1. The summed E-state index contributed by atoms with van der Waals surface area (Å²) >= 11 is 0. The maximum Gasteiger partial charge on any atom is 0.243 e. The second-order valence-corrected chi connectivity index (χ2v) is 7.52. The predicted molar refractivity (Wildman–Crippen MR) is 81.3 cm³/mol. The van der Waals surface area contributed by atoms with Crippen molar-refractivity contribution in [3.63, 3.8) is 0 Å². The first kappa shape index (κ1) is 16.4. The van der Waals surface area contributed by atoms with Gasteiger partial charge >= 0.3 is 0 Å². The molecule has 1 aromatic carbocycles. The fourth-order valence-electron chi connectivity index (χ4n) is 2.80. The second kappa shape index (κ2) is 6.42. The minimum atomic E-state index is -3.58. The lowest BCUT2D eigenvalue weighted by Gasteiger charge is -2.27. The molecule has 1 saturated heterocycles. The zero-order chi connectivity index (χ0) is 15.6. The van der Waals surface area contributed by atoms with Gasteiger partial charge in [-0.2, -0.15) is 4.31 Å². The minimum Gasteiger partial charge on any atom is -0.315 e. The van der Waals surface area contributed by atoms with Crippen LogP contribution in [-0.2, 0) is 10.0 Å². The summed E-state index contributed by atoms with van der Waals surface area (Å²) in [5.41, 5.74) is 0.740. The van der Waals surface area contributed by atoms with Crippen LogP contribution in [0.15, 0.2) is 17.0 Å². The number of benzene rings is 1. The molecule has 6 heteroatoms. The van der Waals surface area contributed by atoms with Crippen molar-refractivity contribution in [3.8, 4) is 0 Å². The van der Waals surface area contributed by atoms with E-state index in [-0.39, 0.29) is 16.8 Å². The Hall–Kier alpha value is -0.980. The highest BCUT2D eigenvalue weighted by molar-refractivity contribution is 7.89. The van der Waals surface area contributed by atoms with Crippen LogP contribution >= 0.6 is 0 Å². The molecule has 1 unspecified atom stereocenters. The molecule has 118 valence electrons. The molecule has 2 rings (SSSR count). The highest BCUT2D eigenvalue weighted by atomic mass is 32.2. The van der Waals surface area contributed by atoms with Gasteiger partial charge in [0.25, 0.3) is 0 Å². The Morgan fingerprint density at radius 1 is 1.33 bits per heavy atom. The normalized spacial score (nSPS) is 19.4. The zero-order valence-electron chi connectivity index (χ0n) is 12.8. The summed E-state index contributed by atoms with van der Waals surface area (Å²) in [7, 11) is -3.58. The maximum atomic E-state index is 13.7. The number of nitrogens with zero attached hydrogens (tertiary/aromatic N) is 1. The van der Waals surface area contributed by atoms with E-state index in [9.17, 15) is 12.8 Å². The Morgan fingerprint density at radius 2 is 1.95 bits per heavy atom. The quantitative estimate of drug-likeness (QED) is 0.906. The topological polar surface area (TPSA) is 49.4 Å². The van der Waals surface area contributed by atoms with Crippen LogP contribution in [0.3, 0.4) is 0 Å². The number of aryl methyl sites for hydroxylation is 2. The summed E-state index contributed by atoms with van der Waals surface area (Å²) in [4.78, 5) is 0.194. The Balaban J connectivity index is 2.42. The summed E-state index contributed by atoms with van der Waals surface area (Å²) in [6.45, 7) is 7.17. The molecule has 1 atom stereocenters.